The molecule has 0 aliphatic rings. The van der Waals surface area contributed by atoms with Crippen LogP contribution in [0.2, 0.25) is 0 Å². The number of benzene rings is 1. The Balaban J connectivity index is 2.01. The number of rotatable bonds is 20. The van der Waals surface area contributed by atoms with Crippen molar-refractivity contribution in [3.8, 4) is 5.75 Å². The summed E-state index contributed by atoms with van der Waals surface area (Å²) in [5.41, 5.74) is 0.558. The first-order valence-electron chi connectivity index (χ1n) is 13.8. The fraction of sp³-hybridized carbons (Fsp3) is 0.724. The van der Waals surface area contributed by atoms with Crippen molar-refractivity contribution >= 4 is 23.2 Å². The summed E-state index contributed by atoms with van der Waals surface area (Å²) in [6.45, 7) is 8.07. The zero-order valence-corrected chi connectivity index (χ0v) is 22.9. The van der Waals surface area contributed by atoms with Gasteiger partial charge in [0.05, 0.1) is 6.61 Å². The number of carbonyl (C=O) groups excluding carboxylic acids is 1. The average molecular weight is 491 g/mol. The lowest BCUT2D eigenvalue weighted by molar-refractivity contribution is 0.0976. The summed E-state index contributed by atoms with van der Waals surface area (Å²) in [6, 6.07) is 7.26. The van der Waals surface area contributed by atoms with Gasteiger partial charge in [-0.3, -0.25) is 10.1 Å². The molecular formula is C29H50N2O2S. The third kappa shape index (κ3) is 16.9. The largest absolute Gasteiger partial charge is 0.494 e. The summed E-state index contributed by atoms with van der Waals surface area (Å²) < 4.78 is 5.74. The van der Waals surface area contributed by atoms with Crippen molar-refractivity contribution in [2.75, 3.05) is 13.2 Å². The minimum atomic E-state index is -0.201. The molecule has 5 heteroatoms. The molecular weight excluding hydrogens is 440 g/mol. The predicted octanol–water partition coefficient (Wildman–Crippen LogP) is 8.20. The Labute approximate surface area is 215 Å². The molecule has 0 aromatic heterocycles. The monoisotopic (exact) mass is 490 g/mol. The average Bonchev–Trinajstić information content (AvgIpc) is 2.81. The van der Waals surface area contributed by atoms with E-state index in [9.17, 15) is 4.79 Å². The van der Waals surface area contributed by atoms with Gasteiger partial charge >= 0.3 is 0 Å². The molecule has 1 aromatic carbocycles. The number of unbranched alkanes of at least 4 members (excludes halogenated alkanes) is 13. The third-order valence-corrected chi connectivity index (χ3v) is 6.35. The summed E-state index contributed by atoms with van der Waals surface area (Å²) >= 11 is 5.29. The second-order valence-corrected chi connectivity index (χ2v) is 10.3. The van der Waals surface area contributed by atoms with Gasteiger partial charge in [0.1, 0.15) is 5.75 Å². The van der Waals surface area contributed by atoms with Gasteiger partial charge in [-0.25, -0.2) is 0 Å². The maximum absolute atomic E-state index is 12.5. The quantitative estimate of drug-likeness (QED) is 0.143. The van der Waals surface area contributed by atoms with Crippen molar-refractivity contribution in [2.24, 2.45) is 5.92 Å². The summed E-state index contributed by atoms with van der Waals surface area (Å²) in [5, 5.41) is 6.32. The Morgan fingerprint density at radius 3 is 2.00 bits per heavy atom. The molecule has 0 saturated carbocycles. The smallest absolute Gasteiger partial charge is 0.257 e. The van der Waals surface area contributed by atoms with Crippen molar-refractivity contribution in [2.45, 2.75) is 117 Å². The van der Waals surface area contributed by atoms with E-state index >= 15 is 0 Å². The molecule has 0 heterocycles. The topological polar surface area (TPSA) is 50.4 Å². The summed E-state index contributed by atoms with van der Waals surface area (Å²) in [6.07, 6.45) is 19.9. The molecule has 4 nitrogen and oxygen atoms in total. The summed E-state index contributed by atoms with van der Waals surface area (Å²) in [4.78, 5) is 12.5. The van der Waals surface area contributed by atoms with Crippen LogP contribution >= 0.6 is 12.2 Å². The van der Waals surface area contributed by atoms with Crippen LogP contribution in [0.3, 0.4) is 0 Å². The molecule has 0 fully saturated rings. The Bertz CT molecular complexity index is 663. The van der Waals surface area contributed by atoms with Crippen LogP contribution in [0.25, 0.3) is 0 Å². The maximum Gasteiger partial charge on any atom is 0.257 e. The van der Waals surface area contributed by atoms with E-state index in [1.165, 1.54) is 83.5 Å². The Morgan fingerprint density at radius 1 is 0.882 bits per heavy atom. The SMILES string of the molecule is CCCCCCCCCCCCCCCCNC(=S)NC(=O)c1cccc(OCCC(C)C)c1. The number of amides is 1. The van der Waals surface area contributed by atoms with E-state index in [-0.39, 0.29) is 5.91 Å². The number of thiocarbonyl (C=S) groups is 1. The minimum absolute atomic E-state index is 0.201. The zero-order chi connectivity index (χ0) is 24.9. The molecule has 0 unspecified atom stereocenters. The first-order chi connectivity index (χ1) is 16.5. The molecule has 0 aliphatic heterocycles. The van der Waals surface area contributed by atoms with E-state index in [1.807, 2.05) is 12.1 Å². The fourth-order valence-electron chi connectivity index (χ4n) is 3.88. The minimum Gasteiger partial charge on any atom is -0.494 e. The molecule has 2 N–H and O–H groups in total. The highest BCUT2D eigenvalue weighted by molar-refractivity contribution is 7.80. The lowest BCUT2D eigenvalue weighted by Gasteiger charge is -2.11. The van der Waals surface area contributed by atoms with Gasteiger partial charge in [-0.05, 0) is 49.2 Å². The standard InChI is InChI=1S/C29H50N2O2S/c1-4-5-6-7-8-9-10-11-12-13-14-15-16-17-22-30-29(34)31-28(32)26-19-18-20-27(24-26)33-23-21-25(2)3/h18-20,24-25H,4-17,21-23H2,1-3H3,(H2,30,31,32,34). The Morgan fingerprint density at radius 2 is 1.44 bits per heavy atom. The molecule has 1 amide bonds. The predicted molar refractivity (Wildman–Crippen MR) is 150 cm³/mol. The first kappa shape index (κ1) is 30.4. The molecule has 0 radical (unpaired) electrons. The van der Waals surface area contributed by atoms with Gasteiger partial charge in [-0.15, -0.1) is 0 Å². The van der Waals surface area contributed by atoms with Gasteiger partial charge in [-0.1, -0.05) is 110 Å². The maximum atomic E-state index is 12.5. The van der Waals surface area contributed by atoms with Gasteiger partial charge in [-0.2, -0.15) is 0 Å². The molecule has 194 valence electrons. The van der Waals surface area contributed by atoms with Crippen LogP contribution in [0, 0.1) is 5.92 Å². The Hall–Kier alpha value is -1.62. The highest BCUT2D eigenvalue weighted by Crippen LogP contribution is 2.15. The fourth-order valence-corrected chi connectivity index (χ4v) is 4.08. The number of hydrogen-bond donors (Lipinski definition) is 2. The lowest BCUT2D eigenvalue weighted by Crippen LogP contribution is -2.39. The third-order valence-electron chi connectivity index (χ3n) is 6.10. The molecule has 0 bridgehead atoms. The van der Waals surface area contributed by atoms with Crippen LogP contribution in [0.5, 0.6) is 5.75 Å². The van der Waals surface area contributed by atoms with Gasteiger partial charge < -0.3 is 10.1 Å². The Kier molecular flexibility index (Phi) is 18.5. The molecule has 0 aliphatic carbocycles. The number of nitrogens with one attached hydrogen (secondary N) is 2. The van der Waals surface area contributed by atoms with Gasteiger partial charge in [0.2, 0.25) is 0 Å². The molecule has 34 heavy (non-hydrogen) atoms. The highest BCUT2D eigenvalue weighted by atomic mass is 32.1. The van der Waals surface area contributed by atoms with Crippen LogP contribution in [-0.4, -0.2) is 24.2 Å². The van der Waals surface area contributed by atoms with Gasteiger partial charge in [0.25, 0.3) is 5.91 Å². The van der Waals surface area contributed by atoms with E-state index < -0.39 is 0 Å². The number of hydrogen-bond acceptors (Lipinski definition) is 3. The molecule has 1 rings (SSSR count). The summed E-state index contributed by atoms with van der Waals surface area (Å²) in [5.74, 6) is 1.11. The van der Waals surface area contributed by atoms with Gasteiger partial charge in [0.15, 0.2) is 5.11 Å². The van der Waals surface area contributed by atoms with Crippen LogP contribution in [-0.2, 0) is 0 Å². The van der Waals surface area contributed by atoms with E-state index in [4.69, 9.17) is 17.0 Å². The van der Waals surface area contributed by atoms with Crippen molar-refractivity contribution in [1.82, 2.24) is 10.6 Å². The van der Waals surface area contributed by atoms with E-state index in [1.54, 1.807) is 12.1 Å². The van der Waals surface area contributed by atoms with E-state index in [0.717, 1.165) is 25.1 Å². The second kappa shape index (κ2) is 20.7. The lowest BCUT2D eigenvalue weighted by atomic mass is 10.0. The van der Waals surface area contributed by atoms with Crippen molar-refractivity contribution < 1.29 is 9.53 Å². The van der Waals surface area contributed by atoms with E-state index in [0.29, 0.717) is 23.2 Å². The van der Waals surface area contributed by atoms with Crippen molar-refractivity contribution in [3.05, 3.63) is 29.8 Å². The zero-order valence-electron chi connectivity index (χ0n) is 22.1. The first-order valence-corrected chi connectivity index (χ1v) is 14.3. The second-order valence-electron chi connectivity index (χ2n) is 9.87. The number of carbonyl (C=O) groups is 1. The van der Waals surface area contributed by atoms with Crippen molar-refractivity contribution in [3.63, 3.8) is 0 Å². The van der Waals surface area contributed by atoms with Crippen molar-refractivity contribution in [1.29, 1.82) is 0 Å². The molecule has 0 saturated heterocycles. The molecule has 1 aromatic rings. The molecule has 0 spiro atoms. The number of ether oxygens (including phenoxy) is 1. The normalized spacial score (nSPS) is 10.9. The molecule has 0 atom stereocenters. The van der Waals surface area contributed by atoms with E-state index in [2.05, 4.69) is 31.4 Å². The van der Waals surface area contributed by atoms with Crippen LogP contribution in [0.15, 0.2) is 24.3 Å². The highest BCUT2D eigenvalue weighted by Gasteiger charge is 2.09. The van der Waals surface area contributed by atoms with Gasteiger partial charge in [0, 0.05) is 12.1 Å². The van der Waals surface area contributed by atoms with Crippen LogP contribution in [0.1, 0.15) is 127 Å². The van der Waals surface area contributed by atoms with Crippen LogP contribution < -0.4 is 15.4 Å². The summed E-state index contributed by atoms with van der Waals surface area (Å²) in [7, 11) is 0. The van der Waals surface area contributed by atoms with Crippen LogP contribution in [0.4, 0.5) is 0 Å².